The van der Waals surface area contributed by atoms with Gasteiger partial charge in [0.15, 0.2) is 5.82 Å². The van der Waals surface area contributed by atoms with Gasteiger partial charge < -0.3 is 5.73 Å². The Labute approximate surface area is 101 Å². The summed E-state index contributed by atoms with van der Waals surface area (Å²) >= 11 is 5.75. The van der Waals surface area contributed by atoms with Crippen molar-refractivity contribution in [1.29, 1.82) is 0 Å². The third kappa shape index (κ3) is 1.58. The van der Waals surface area contributed by atoms with E-state index in [9.17, 15) is 0 Å². The van der Waals surface area contributed by atoms with E-state index in [1.165, 1.54) is 10.9 Å². The first-order chi connectivity index (χ1) is 8.25. The van der Waals surface area contributed by atoms with Crippen molar-refractivity contribution in [1.82, 2.24) is 25.0 Å². The molecule has 3 rings (SSSR count). The topological polar surface area (TPSA) is 82.5 Å². The van der Waals surface area contributed by atoms with Gasteiger partial charge in [-0.2, -0.15) is 9.67 Å². The minimum atomic E-state index is 0.119. The Morgan fingerprint density at radius 1 is 1.24 bits per heavy atom. The molecule has 0 fully saturated rings. The highest BCUT2D eigenvalue weighted by molar-refractivity contribution is 6.28. The second-order valence-electron chi connectivity index (χ2n) is 3.41. The van der Waals surface area contributed by atoms with Crippen LogP contribution in [0.1, 0.15) is 0 Å². The second-order valence-corrected chi connectivity index (χ2v) is 3.75. The number of para-hydroxylation sites is 1. The number of rotatable bonds is 1. The smallest absolute Gasteiger partial charge is 0.224 e. The summed E-state index contributed by atoms with van der Waals surface area (Å²) in [5, 5.41) is 8.14. The summed E-state index contributed by atoms with van der Waals surface area (Å²) in [6, 6.07) is 7.52. The van der Waals surface area contributed by atoms with Crippen molar-refractivity contribution in [3.05, 3.63) is 35.7 Å². The maximum atomic E-state index is 5.80. The zero-order chi connectivity index (χ0) is 11.8. The Hall–Kier alpha value is -2.21. The van der Waals surface area contributed by atoms with Gasteiger partial charge in [-0.3, -0.25) is 0 Å². The average molecular weight is 247 g/mol. The number of nitrogens with zero attached hydrogens (tertiary/aromatic N) is 5. The second kappa shape index (κ2) is 3.67. The third-order valence-electron chi connectivity index (χ3n) is 2.32. The normalized spacial score (nSPS) is 10.9. The molecule has 17 heavy (non-hydrogen) atoms. The number of hydrogen-bond donors (Lipinski definition) is 1. The molecular formula is C10H7ClN6. The Bertz CT molecular complexity index is 692. The van der Waals surface area contributed by atoms with Crippen LogP contribution in [-0.2, 0) is 0 Å². The van der Waals surface area contributed by atoms with Crippen molar-refractivity contribution < 1.29 is 0 Å². The Kier molecular flexibility index (Phi) is 2.15. The molecule has 0 saturated carbocycles. The molecule has 84 valence electrons. The van der Waals surface area contributed by atoms with Crippen LogP contribution in [0, 0.1) is 0 Å². The summed E-state index contributed by atoms with van der Waals surface area (Å²) in [7, 11) is 0. The van der Waals surface area contributed by atoms with Gasteiger partial charge in [0, 0.05) is 0 Å². The van der Waals surface area contributed by atoms with Crippen LogP contribution in [0.4, 0.5) is 5.69 Å². The highest BCUT2D eigenvalue weighted by Crippen LogP contribution is 2.19. The molecule has 0 spiro atoms. The predicted octanol–water partition coefficient (Wildman–Crippen LogP) is 1.45. The summed E-state index contributed by atoms with van der Waals surface area (Å²) < 4.78 is 1.54. The molecule has 3 aromatic rings. The van der Waals surface area contributed by atoms with Gasteiger partial charge in [0.05, 0.1) is 17.4 Å². The number of benzene rings is 1. The average Bonchev–Trinajstić information content (AvgIpc) is 2.76. The maximum absolute atomic E-state index is 5.80. The molecule has 0 aliphatic heterocycles. The number of anilines is 1. The van der Waals surface area contributed by atoms with E-state index in [-0.39, 0.29) is 5.28 Å². The zero-order valence-corrected chi connectivity index (χ0v) is 9.33. The van der Waals surface area contributed by atoms with E-state index in [1.807, 2.05) is 24.3 Å². The van der Waals surface area contributed by atoms with Crippen molar-refractivity contribution in [2.45, 2.75) is 0 Å². The molecule has 0 atom stereocenters. The van der Waals surface area contributed by atoms with Crippen LogP contribution in [0.15, 0.2) is 30.5 Å². The van der Waals surface area contributed by atoms with Gasteiger partial charge in [-0.1, -0.05) is 17.3 Å². The highest BCUT2D eigenvalue weighted by Gasteiger charge is 2.11. The molecule has 2 heterocycles. The summed E-state index contributed by atoms with van der Waals surface area (Å²) in [5.74, 6) is 0.429. The summed E-state index contributed by atoms with van der Waals surface area (Å²) in [5.41, 5.74) is 7.77. The van der Waals surface area contributed by atoms with E-state index in [1.54, 1.807) is 0 Å². The lowest BCUT2D eigenvalue weighted by atomic mass is 10.3. The number of hydrogen-bond acceptors (Lipinski definition) is 5. The van der Waals surface area contributed by atoms with E-state index < -0.39 is 0 Å². The van der Waals surface area contributed by atoms with Crippen LogP contribution in [0.2, 0.25) is 5.28 Å². The first kappa shape index (κ1) is 9.98. The minimum absolute atomic E-state index is 0.119. The SMILES string of the molecule is Nc1cnc(Cl)nc1-n1nnc2ccccc21. The fourth-order valence-electron chi connectivity index (χ4n) is 1.56. The van der Waals surface area contributed by atoms with Gasteiger partial charge in [-0.25, -0.2) is 4.98 Å². The van der Waals surface area contributed by atoms with Crippen molar-refractivity contribution >= 4 is 28.3 Å². The molecule has 0 aliphatic carbocycles. The fraction of sp³-hybridized carbons (Fsp3) is 0. The predicted molar refractivity (Wildman–Crippen MR) is 63.9 cm³/mol. The lowest BCUT2D eigenvalue weighted by Gasteiger charge is -2.04. The zero-order valence-electron chi connectivity index (χ0n) is 8.58. The van der Waals surface area contributed by atoms with Gasteiger partial charge in [-0.15, -0.1) is 5.10 Å². The number of aromatic nitrogens is 5. The Morgan fingerprint density at radius 2 is 2.06 bits per heavy atom. The van der Waals surface area contributed by atoms with Gasteiger partial charge in [0.25, 0.3) is 0 Å². The largest absolute Gasteiger partial charge is 0.394 e. The number of nitrogens with two attached hydrogens (primary N) is 1. The molecule has 0 saturated heterocycles. The first-order valence-electron chi connectivity index (χ1n) is 4.84. The molecule has 0 unspecified atom stereocenters. The van der Waals surface area contributed by atoms with Gasteiger partial charge in [-0.05, 0) is 23.7 Å². The monoisotopic (exact) mass is 246 g/mol. The third-order valence-corrected chi connectivity index (χ3v) is 2.50. The maximum Gasteiger partial charge on any atom is 0.224 e. The van der Waals surface area contributed by atoms with Crippen LogP contribution < -0.4 is 5.73 Å². The first-order valence-corrected chi connectivity index (χ1v) is 5.22. The number of nitrogen functional groups attached to an aromatic ring is 1. The molecule has 6 nitrogen and oxygen atoms in total. The molecular weight excluding hydrogens is 240 g/mol. The molecule has 2 N–H and O–H groups in total. The van der Waals surface area contributed by atoms with Gasteiger partial charge in [0.1, 0.15) is 5.52 Å². The highest BCUT2D eigenvalue weighted by atomic mass is 35.5. The van der Waals surface area contributed by atoms with Gasteiger partial charge in [0.2, 0.25) is 5.28 Å². The van der Waals surface area contributed by atoms with E-state index in [0.717, 1.165) is 11.0 Å². The van der Waals surface area contributed by atoms with Gasteiger partial charge >= 0.3 is 0 Å². The van der Waals surface area contributed by atoms with E-state index in [4.69, 9.17) is 17.3 Å². The minimum Gasteiger partial charge on any atom is -0.394 e. The molecule has 7 heteroatoms. The number of fused-ring (bicyclic) bond motifs is 1. The quantitative estimate of drug-likeness (QED) is 0.657. The van der Waals surface area contributed by atoms with E-state index >= 15 is 0 Å². The van der Waals surface area contributed by atoms with Crippen LogP contribution in [-0.4, -0.2) is 25.0 Å². The molecule has 2 aromatic heterocycles. The Balaban J connectivity index is 2.31. The molecule has 1 aromatic carbocycles. The summed E-state index contributed by atoms with van der Waals surface area (Å²) in [6.45, 7) is 0. The molecule has 0 bridgehead atoms. The van der Waals surface area contributed by atoms with E-state index in [2.05, 4.69) is 20.3 Å². The fourth-order valence-corrected chi connectivity index (χ4v) is 1.69. The molecule has 0 radical (unpaired) electrons. The van der Waals surface area contributed by atoms with Crippen LogP contribution in [0.3, 0.4) is 0 Å². The summed E-state index contributed by atoms with van der Waals surface area (Å²) in [6.07, 6.45) is 1.45. The van der Waals surface area contributed by atoms with E-state index in [0.29, 0.717) is 11.5 Å². The van der Waals surface area contributed by atoms with Crippen molar-refractivity contribution in [3.63, 3.8) is 0 Å². The number of halogens is 1. The van der Waals surface area contributed by atoms with Crippen molar-refractivity contribution in [2.24, 2.45) is 0 Å². The lowest BCUT2D eigenvalue weighted by Crippen LogP contribution is -2.05. The standard InChI is InChI=1S/C10H7ClN6/c11-10-13-5-6(12)9(14-10)17-8-4-2-1-3-7(8)15-16-17/h1-5H,12H2. The van der Waals surface area contributed by atoms with Crippen molar-refractivity contribution in [2.75, 3.05) is 5.73 Å². The Morgan fingerprint density at radius 3 is 2.94 bits per heavy atom. The van der Waals surface area contributed by atoms with Crippen LogP contribution in [0.5, 0.6) is 0 Å². The van der Waals surface area contributed by atoms with Crippen LogP contribution in [0.25, 0.3) is 16.9 Å². The summed E-state index contributed by atoms with van der Waals surface area (Å²) in [4.78, 5) is 7.85. The molecule has 0 aliphatic rings. The lowest BCUT2D eigenvalue weighted by molar-refractivity contribution is 0.799. The van der Waals surface area contributed by atoms with Crippen molar-refractivity contribution in [3.8, 4) is 5.82 Å². The van der Waals surface area contributed by atoms with Crippen LogP contribution >= 0.6 is 11.6 Å². The molecule has 0 amide bonds.